The summed E-state index contributed by atoms with van der Waals surface area (Å²) in [6.07, 6.45) is 5.79. The quantitative estimate of drug-likeness (QED) is 0.783. The highest BCUT2D eigenvalue weighted by Crippen LogP contribution is 2.27. The Kier molecular flexibility index (Phi) is 4.38. The SMILES string of the molecule is Cc1cccc(Nc2nc(N[C@@H]3CCCC[C@@H]3N)nc3c2C(=O)N=C3)c1. The molecule has 26 heavy (non-hydrogen) atoms. The highest BCUT2D eigenvalue weighted by Gasteiger charge is 2.27. The third-order valence-electron chi connectivity index (χ3n) is 4.87. The minimum atomic E-state index is -0.323. The van der Waals surface area contributed by atoms with E-state index < -0.39 is 0 Å². The zero-order valence-electron chi connectivity index (χ0n) is 14.7. The number of aromatic nitrogens is 2. The maximum Gasteiger partial charge on any atom is 0.283 e. The molecule has 1 aliphatic carbocycles. The number of nitrogens with zero attached hydrogens (tertiary/aromatic N) is 3. The second-order valence-electron chi connectivity index (χ2n) is 6.91. The number of hydrogen-bond donors (Lipinski definition) is 3. The van der Waals surface area contributed by atoms with Gasteiger partial charge in [0.15, 0.2) is 0 Å². The number of benzene rings is 1. The topological polar surface area (TPSA) is 105 Å². The van der Waals surface area contributed by atoms with Crippen LogP contribution in [0.4, 0.5) is 17.5 Å². The molecule has 7 nitrogen and oxygen atoms in total. The molecule has 2 heterocycles. The van der Waals surface area contributed by atoms with Gasteiger partial charge in [-0.2, -0.15) is 4.98 Å². The first-order valence-corrected chi connectivity index (χ1v) is 8.96. The van der Waals surface area contributed by atoms with Crippen LogP contribution >= 0.6 is 0 Å². The van der Waals surface area contributed by atoms with Crippen LogP contribution in [0.3, 0.4) is 0 Å². The van der Waals surface area contributed by atoms with E-state index in [1.807, 2.05) is 31.2 Å². The van der Waals surface area contributed by atoms with Crippen molar-refractivity contribution in [3.05, 3.63) is 41.1 Å². The predicted octanol–water partition coefficient (Wildman–Crippen LogP) is 2.78. The maximum atomic E-state index is 12.1. The number of amides is 1. The van der Waals surface area contributed by atoms with Crippen LogP contribution in [0, 0.1) is 6.92 Å². The molecule has 1 aromatic carbocycles. The summed E-state index contributed by atoms with van der Waals surface area (Å²) in [4.78, 5) is 25.0. The minimum Gasteiger partial charge on any atom is -0.350 e. The van der Waals surface area contributed by atoms with E-state index in [0.717, 1.165) is 36.9 Å². The summed E-state index contributed by atoms with van der Waals surface area (Å²) in [5, 5.41) is 6.59. The highest BCUT2D eigenvalue weighted by molar-refractivity contribution is 6.15. The number of hydrogen-bond acceptors (Lipinski definition) is 6. The van der Waals surface area contributed by atoms with Crippen molar-refractivity contribution in [2.45, 2.75) is 44.7 Å². The van der Waals surface area contributed by atoms with E-state index in [0.29, 0.717) is 23.0 Å². The number of nitrogens with two attached hydrogens (primary N) is 1. The summed E-state index contributed by atoms with van der Waals surface area (Å²) in [6.45, 7) is 2.02. The second kappa shape index (κ2) is 6.84. The summed E-state index contributed by atoms with van der Waals surface area (Å²) >= 11 is 0. The van der Waals surface area contributed by atoms with Gasteiger partial charge in [-0.25, -0.2) is 9.98 Å². The molecule has 4 rings (SSSR count). The van der Waals surface area contributed by atoms with E-state index in [2.05, 4.69) is 25.6 Å². The monoisotopic (exact) mass is 350 g/mol. The molecule has 0 radical (unpaired) electrons. The van der Waals surface area contributed by atoms with Crippen LogP contribution in [0.2, 0.25) is 0 Å². The van der Waals surface area contributed by atoms with Gasteiger partial charge in [-0.15, -0.1) is 0 Å². The van der Waals surface area contributed by atoms with Crippen LogP contribution in [-0.2, 0) is 0 Å². The van der Waals surface area contributed by atoms with E-state index >= 15 is 0 Å². The molecule has 134 valence electrons. The number of carbonyl (C=O) groups excluding carboxylic acids is 1. The number of aliphatic imine (C=N–C) groups is 1. The molecule has 2 aromatic rings. The average molecular weight is 350 g/mol. The fourth-order valence-electron chi connectivity index (χ4n) is 3.49. The van der Waals surface area contributed by atoms with E-state index in [1.54, 1.807) is 0 Å². The fourth-order valence-corrected chi connectivity index (χ4v) is 3.49. The molecule has 0 bridgehead atoms. The van der Waals surface area contributed by atoms with Gasteiger partial charge in [0.25, 0.3) is 5.91 Å². The number of rotatable bonds is 4. The van der Waals surface area contributed by atoms with Crippen LogP contribution in [0.15, 0.2) is 29.3 Å². The van der Waals surface area contributed by atoms with E-state index in [9.17, 15) is 4.79 Å². The Morgan fingerprint density at radius 1 is 1.19 bits per heavy atom. The normalized spacial score (nSPS) is 21.5. The summed E-state index contributed by atoms with van der Waals surface area (Å²) in [6, 6.07) is 8.14. The van der Waals surface area contributed by atoms with Crippen LogP contribution in [-0.4, -0.2) is 34.2 Å². The lowest BCUT2D eigenvalue weighted by molar-refractivity contribution is 0.101. The Morgan fingerprint density at radius 2 is 2.04 bits per heavy atom. The minimum absolute atomic E-state index is 0.0871. The first-order valence-electron chi connectivity index (χ1n) is 8.96. The number of carbonyl (C=O) groups is 1. The van der Waals surface area contributed by atoms with Crippen molar-refractivity contribution in [2.75, 3.05) is 10.6 Å². The zero-order valence-corrected chi connectivity index (χ0v) is 14.7. The van der Waals surface area contributed by atoms with Crippen LogP contribution in [0.25, 0.3) is 0 Å². The van der Waals surface area contributed by atoms with Gasteiger partial charge >= 0.3 is 0 Å². The molecule has 2 atom stereocenters. The molecular formula is C19H22N6O. The average Bonchev–Trinajstić information content (AvgIpc) is 2.98. The molecule has 1 amide bonds. The van der Waals surface area contributed by atoms with Crippen molar-refractivity contribution < 1.29 is 4.79 Å². The number of aryl methyl sites for hydroxylation is 1. The molecule has 1 aromatic heterocycles. The Bertz CT molecular complexity index is 878. The van der Waals surface area contributed by atoms with Gasteiger partial charge in [-0.05, 0) is 37.5 Å². The third-order valence-corrected chi connectivity index (χ3v) is 4.87. The van der Waals surface area contributed by atoms with Gasteiger partial charge in [0.05, 0.1) is 6.21 Å². The fraction of sp³-hybridized carbons (Fsp3) is 0.368. The van der Waals surface area contributed by atoms with Crippen LogP contribution in [0.5, 0.6) is 0 Å². The van der Waals surface area contributed by atoms with E-state index in [1.165, 1.54) is 6.21 Å². The molecule has 0 spiro atoms. The van der Waals surface area contributed by atoms with Crippen LogP contribution in [0.1, 0.15) is 47.3 Å². The molecule has 1 saturated carbocycles. The molecule has 2 aliphatic rings. The van der Waals surface area contributed by atoms with Crippen molar-refractivity contribution in [1.82, 2.24) is 9.97 Å². The smallest absolute Gasteiger partial charge is 0.283 e. The summed E-state index contributed by atoms with van der Waals surface area (Å²) in [5.41, 5.74) is 9.15. The van der Waals surface area contributed by atoms with Crippen molar-refractivity contribution in [2.24, 2.45) is 10.7 Å². The largest absolute Gasteiger partial charge is 0.350 e. The van der Waals surface area contributed by atoms with Crippen LogP contribution < -0.4 is 16.4 Å². The molecule has 0 saturated heterocycles. The second-order valence-corrected chi connectivity index (χ2v) is 6.91. The van der Waals surface area contributed by atoms with E-state index in [-0.39, 0.29) is 18.0 Å². The van der Waals surface area contributed by atoms with Crippen molar-refractivity contribution in [3.8, 4) is 0 Å². The molecular weight excluding hydrogens is 328 g/mol. The van der Waals surface area contributed by atoms with Gasteiger partial charge in [-0.3, -0.25) is 4.79 Å². The summed E-state index contributed by atoms with van der Waals surface area (Å²) < 4.78 is 0. The first kappa shape index (κ1) is 16.7. The van der Waals surface area contributed by atoms with Crippen molar-refractivity contribution in [3.63, 3.8) is 0 Å². The number of fused-ring (bicyclic) bond motifs is 1. The van der Waals surface area contributed by atoms with E-state index in [4.69, 9.17) is 5.73 Å². The lowest BCUT2D eigenvalue weighted by Crippen LogP contribution is -2.43. The zero-order chi connectivity index (χ0) is 18.1. The van der Waals surface area contributed by atoms with Crippen molar-refractivity contribution >= 4 is 29.6 Å². The van der Waals surface area contributed by atoms with Crippen molar-refractivity contribution in [1.29, 1.82) is 0 Å². The Balaban J connectivity index is 1.66. The maximum absolute atomic E-state index is 12.1. The molecule has 7 heteroatoms. The lowest BCUT2D eigenvalue weighted by Gasteiger charge is -2.29. The number of nitrogens with one attached hydrogen (secondary N) is 2. The standard InChI is InChI=1S/C19H22N6O/c1-11-5-4-6-12(9-11)22-17-16-15(10-21-18(16)26)24-19(25-17)23-14-8-3-2-7-13(14)20/h4-6,9-10,13-14H,2-3,7-8,20H2,1H3,(H2,22,23,24,25)/t13-,14+/m0/s1. The first-order chi connectivity index (χ1) is 12.6. The van der Waals surface area contributed by atoms with Gasteiger partial charge in [0, 0.05) is 17.8 Å². The number of anilines is 3. The Labute approximate surface area is 152 Å². The van der Waals surface area contributed by atoms with Gasteiger partial charge in [0.1, 0.15) is 17.1 Å². The molecule has 0 unspecified atom stereocenters. The predicted molar refractivity (Wildman–Crippen MR) is 102 cm³/mol. The third kappa shape index (κ3) is 3.30. The Hall–Kier alpha value is -2.80. The van der Waals surface area contributed by atoms with Gasteiger partial charge in [-0.1, -0.05) is 25.0 Å². The highest BCUT2D eigenvalue weighted by atomic mass is 16.1. The molecule has 1 fully saturated rings. The Morgan fingerprint density at radius 3 is 2.85 bits per heavy atom. The van der Waals surface area contributed by atoms with Gasteiger partial charge < -0.3 is 16.4 Å². The lowest BCUT2D eigenvalue weighted by atomic mass is 9.91. The molecule has 4 N–H and O–H groups in total. The summed E-state index contributed by atoms with van der Waals surface area (Å²) in [7, 11) is 0. The summed E-state index contributed by atoms with van der Waals surface area (Å²) in [5.74, 6) is 0.619. The van der Waals surface area contributed by atoms with Gasteiger partial charge in [0.2, 0.25) is 5.95 Å². The molecule has 1 aliphatic heterocycles.